The molecule has 0 aliphatic carbocycles. The lowest BCUT2D eigenvalue weighted by Gasteiger charge is -1.69. The third-order valence-electron chi connectivity index (χ3n) is 0.667. The van der Waals surface area contributed by atoms with E-state index in [1.165, 1.54) is 0 Å². The fraction of sp³-hybridized carbons (Fsp3) is 0. The van der Waals surface area contributed by atoms with Crippen LogP contribution in [0.4, 0.5) is 4.70 Å². The molecule has 0 aromatic heterocycles. The molecule has 0 spiro atoms. The van der Waals surface area contributed by atoms with E-state index in [4.69, 9.17) is 0 Å². The van der Waals surface area contributed by atoms with Gasteiger partial charge in [-0.2, -0.15) is 0 Å². The van der Waals surface area contributed by atoms with Crippen molar-refractivity contribution in [3.8, 4) is 0 Å². The van der Waals surface area contributed by atoms with Crippen LogP contribution in [0.25, 0.3) is 0 Å². The fourth-order valence-corrected chi connectivity index (χ4v) is 0.385. The normalized spacial score (nSPS) is 6.86. The lowest BCUT2D eigenvalue weighted by atomic mass is 10.4. The van der Waals surface area contributed by atoms with E-state index in [0.717, 1.165) is 0 Å². The van der Waals surface area contributed by atoms with Crippen LogP contribution in [-0.4, -0.2) is 0 Å². The van der Waals surface area contributed by atoms with Crippen LogP contribution in [0.5, 0.6) is 0 Å². The summed E-state index contributed by atoms with van der Waals surface area (Å²) in [7, 11) is 0. The molecule has 0 bridgehead atoms. The Morgan fingerprint density at radius 1 is 0.429 bits per heavy atom. The van der Waals surface area contributed by atoms with Crippen molar-refractivity contribution in [3.05, 3.63) is 36.4 Å². The van der Waals surface area contributed by atoms with E-state index in [1.807, 2.05) is 36.4 Å². The standard InChI is InChI=1S/C6H6.FH/c1-2-4-6-5-3-1;/h1-6H;1H. The zero-order valence-corrected chi connectivity index (χ0v) is 3.87. The van der Waals surface area contributed by atoms with Crippen LogP contribution in [0.1, 0.15) is 0 Å². The summed E-state index contributed by atoms with van der Waals surface area (Å²) in [4.78, 5) is 0. The molecule has 0 nitrogen and oxygen atoms in total. The van der Waals surface area contributed by atoms with Gasteiger partial charge in [-0.3, -0.25) is 4.70 Å². The molecule has 38 valence electrons. The van der Waals surface area contributed by atoms with Gasteiger partial charge < -0.3 is 0 Å². The largest absolute Gasteiger partial charge is 0.269 e. The first-order valence-electron chi connectivity index (χ1n) is 2.00. The van der Waals surface area contributed by atoms with Gasteiger partial charge in [-0.25, -0.2) is 0 Å². The van der Waals surface area contributed by atoms with Gasteiger partial charge in [0.2, 0.25) is 0 Å². The Bertz CT molecular complexity index is 76.1. The molecule has 7 heavy (non-hydrogen) atoms. The zero-order valence-electron chi connectivity index (χ0n) is 3.87. The van der Waals surface area contributed by atoms with E-state index in [2.05, 4.69) is 0 Å². The maximum atomic E-state index is 2.00. The quantitative estimate of drug-likeness (QED) is 0.464. The van der Waals surface area contributed by atoms with Crippen molar-refractivity contribution in [2.45, 2.75) is 0 Å². The molecule has 1 heteroatoms. The van der Waals surface area contributed by atoms with Crippen molar-refractivity contribution in [2.75, 3.05) is 0 Å². The van der Waals surface area contributed by atoms with Crippen molar-refractivity contribution >= 4 is 0 Å². The Hall–Kier alpha value is -0.850. The third-order valence-corrected chi connectivity index (χ3v) is 0.667. The van der Waals surface area contributed by atoms with Crippen LogP contribution in [0.2, 0.25) is 0 Å². The van der Waals surface area contributed by atoms with Crippen LogP contribution >= 0.6 is 0 Å². The highest BCUT2D eigenvalue weighted by atomic mass is 19.0. The molecule has 0 aliphatic rings. The summed E-state index contributed by atoms with van der Waals surface area (Å²) < 4.78 is 0. The van der Waals surface area contributed by atoms with Gasteiger partial charge in [-0.15, -0.1) is 0 Å². The van der Waals surface area contributed by atoms with Crippen LogP contribution in [0, 0.1) is 0 Å². The van der Waals surface area contributed by atoms with E-state index in [1.54, 1.807) is 0 Å². The van der Waals surface area contributed by atoms with Crippen LogP contribution in [-0.2, 0) is 0 Å². The highest BCUT2D eigenvalue weighted by Crippen LogP contribution is 1.79. The van der Waals surface area contributed by atoms with Crippen molar-refractivity contribution < 1.29 is 4.70 Å². The molecule has 0 atom stereocenters. The van der Waals surface area contributed by atoms with Gasteiger partial charge in [0.05, 0.1) is 0 Å². The number of halogens is 1. The van der Waals surface area contributed by atoms with E-state index < -0.39 is 0 Å². The minimum atomic E-state index is 0. The lowest BCUT2D eigenvalue weighted by molar-refractivity contribution is 1.11. The van der Waals surface area contributed by atoms with Gasteiger partial charge in [-0.05, 0) is 0 Å². The Labute approximate surface area is 42.2 Å². The van der Waals surface area contributed by atoms with Crippen LogP contribution in [0.3, 0.4) is 0 Å². The minimum absolute atomic E-state index is 0. The second kappa shape index (κ2) is 3.34. The van der Waals surface area contributed by atoms with Crippen molar-refractivity contribution in [2.24, 2.45) is 0 Å². The molecule has 1 aromatic carbocycles. The second-order valence-electron chi connectivity index (χ2n) is 1.15. The van der Waals surface area contributed by atoms with Crippen molar-refractivity contribution in [1.82, 2.24) is 0 Å². The Balaban J connectivity index is 0.000000360. The average molecular weight is 98.1 g/mol. The third kappa shape index (κ3) is 1.93. The highest BCUT2D eigenvalue weighted by Gasteiger charge is 1.57. The van der Waals surface area contributed by atoms with E-state index in [9.17, 15) is 0 Å². The van der Waals surface area contributed by atoms with Gasteiger partial charge in [0, 0.05) is 0 Å². The van der Waals surface area contributed by atoms with Gasteiger partial charge in [0.15, 0.2) is 0 Å². The van der Waals surface area contributed by atoms with Gasteiger partial charge in [0.1, 0.15) is 0 Å². The smallest absolute Gasteiger partial charge is 0.0623 e. The van der Waals surface area contributed by atoms with Gasteiger partial charge >= 0.3 is 0 Å². The van der Waals surface area contributed by atoms with E-state index in [-0.39, 0.29) is 4.70 Å². The Morgan fingerprint density at radius 2 is 0.571 bits per heavy atom. The topological polar surface area (TPSA) is 0 Å². The fourth-order valence-electron chi connectivity index (χ4n) is 0.385. The zero-order chi connectivity index (χ0) is 4.24. The summed E-state index contributed by atoms with van der Waals surface area (Å²) in [6, 6.07) is 12.0. The molecule has 0 fully saturated rings. The summed E-state index contributed by atoms with van der Waals surface area (Å²) in [5.74, 6) is 0. The first kappa shape index (κ1) is 6.15. The van der Waals surface area contributed by atoms with Crippen molar-refractivity contribution in [3.63, 3.8) is 0 Å². The number of hydrogen-bond acceptors (Lipinski definition) is 0. The molecule has 0 radical (unpaired) electrons. The Morgan fingerprint density at radius 3 is 0.714 bits per heavy atom. The Kier molecular flexibility index (Phi) is 2.94. The molecule has 0 unspecified atom stereocenters. The lowest BCUT2D eigenvalue weighted by Crippen LogP contribution is -1.47. The molecule has 0 amide bonds. The maximum absolute atomic E-state index is 2.00. The molecule has 0 saturated carbocycles. The number of hydrogen-bond donors (Lipinski definition) is 0. The molecule has 1 aromatic rings. The molecule has 0 heterocycles. The minimum Gasteiger partial charge on any atom is -0.269 e. The highest BCUT2D eigenvalue weighted by molar-refractivity contribution is 4.99. The van der Waals surface area contributed by atoms with E-state index in [0.29, 0.717) is 0 Å². The molecule has 0 N–H and O–H groups in total. The first-order chi connectivity index (χ1) is 3.00. The summed E-state index contributed by atoms with van der Waals surface area (Å²) in [6.45, 7) is 0. The molecular formula is C6H7F. The number of benzene rings is 1. The summed E-state index contributed by atoms with van der Waals surface area (Å²) in [6.07, 6.45) is 0. The summed E-state index contributed by atoms with van der Waals surface area (Å²) in [5, 5.41) is 0. The summed E-state index contributed by atoms with van der Waals surface area (Å²) in [5.41, 5.74) is 0. The average Bonchev–Trinajstić information content (AvgIpc) is 1.72. The monoisotopic (exact) mass is 98.1 g/mol. The second-order valence-corrected chi connectivity index (χ2v) is 1.15. The van der Waals surface area contributed by atoms with Gasteiger partial charge in [-0.1, -0.05) is 36.4 Å². The molecule has 0 aliphatic heterocycles. The van der Waals surface area contributed by atoms with Crippen molar-refractivity contribution in [1.29, 1.82) is 0 Å². The number of rotatable bonds is 0. The van der Waals surface area contributed by atoms with Gasteiger partial charge in [0.25, 0.3) is 0 Å². The predicted molar refractivity (Wildman–Crippen MR) is 28.9 cm³/mol. The molecule has 1 rings (SSSR count). The molecular weight excluding hydrogens is 91.1 g/mol. The SMILES string of the molecule is F.c1ccccc1. The van der Waals surface area contributed by atoms with Crippen LogP contribution < -0.4 is 0 Å². The summed E-state index contributed by atoms with van der Waals surface area (Å²) >= 11 is 0. The maximum Gasteiger partial charge on any atom is -0.0623 e. The molecule has 0 saturated heterocycles. The van der Waals surface area contributed by atoms with Crippen LogP contribution in [0.15, 0.2) is 36.4 Å². The first-order valence-corrected chi connectivity index (χ1v) is 2.00. The van der Waals surface area contributed by atoms with E-state index >= 15 is 0 Å². The predicted octanol–water partition coefficient (Wildman–Crippen LogP) is 1.84.